The summed E-state index contributed by atoms with van der Waals surface area (Å²) in [6.45, 7) is 5.43. The summed E-state index contributed by atoms with van der Waals surface area (Å²) in [5, 5.41) is 0. The Balaban J connectivity index is 2.22. The normalized spacial score (nSPS) is 17.5. The summed E-state index contributed by atoms with van der Waals surface area (Å²) in [7, 11) is 0. The van der Waals surface area contributed by atoms with E-state index in [4.69, 9.17) is 10.5 Å². The molecule has 0 amide bonds. The number of rotatable bonds is 1. The highest BCUT2D eigenvalue weighted by molar-refractivity contribution is 5.62. The number of pyridine rings is 1. The molecule has 0 spiro atoms. The highest BCUT2D eigenvalue weighted by Gasteiger charge is 2.13. The molecule has 4 nitrogen and oxygen atoms in total. The average molecular weight is 207 g/mol. The second-order valence-electron chi connectivity index (χ2n) is 3.82. The van der Waals surface area contributed by atoms with Crippen LogP contribution in [0.15, 0.2) is 12.1 Å². The van der Waals surface area contributed by atoms with Crippen LogP contribution in [0.3, 0.4) is 0 Å². The van der Waals surface area contributed by atoms with Crippen molar-refractivity contribution in [3.63, 3.8) is 0 Å². The van der Waals surface area contributed by atoms with Crippen LogP contribution in [0.1, 0.15) is 12.1 Å². The third-order valence-electron chi connectivity index (χ3n) is 2.57. The van der Waals surface area contributed by atoms with Gasteiger partial charge >= 0.3 is 0 Å². The molecule has 1 aliphatic rings. The highest BCUT2D eigenvalue weighted by Crippen LogP contribution is 2.21. The number of nitrogens with two attached hydrogens (primary N) is 1. The van der Waals surface area contributed by atoms with E-state index >= 15 is 0 Å². The van der Waals surface area contributed by atoms with Crippen molar-refractivity contribution in [2.75, 3.05) is 36.9 Å². The zero-order valence-electron chi connectivity index (χ0n) is 9.07. The van der Waals surface area contributed by atoms with Gasteiger partial charge < -0.3 is 15.4 Å². The predicted molar refractivity (Wildman–Crippen MR) is 61.0 cm³/mol. The third kappa shape index (κ3) is 2.39. The molecule has 0 saturated carbocycles. The molecular formula is C11H17N3O. The number of nitrogens with zero attached hydrogens (tertiary/aromatic N) is 2. The molecule has 2 heterocycles. The Kier molecular flexibility index (Phi) is 3.06. The SMILES string of the molecule is Cc1ccc(N)c(N2CCCOCC2)n1. The number of aryl methyl sites for hydroxylation is 1. The summed E-state index contributed by atoms with van der Waals surface area (Å²) in [4.78, 5) is 6.69. The van der Waals surface area contributed by atoms with E-state index in [0.717, 1.165) is 49.9 Å². The summed E-state index contributed by atoms with van der Waals surface area (Å²) in [6, 6.07) is 3.86. The summed E-state index contributed by atoms with van der Waals surface area (Å²) < 4.78 is 5.41. The van der Waals surface area contributed by atoms with E-state index in [2.05, 4.69) is 9.88 Å². The summed E-state index contributed by atoms with van der Waals surface area (Å²) in [5.41, 5.74) is 7.68. The van der Waals surface area contributed by atoms with E-state index in [-0.39, 0.29) is 0 Å². The van der Waals surface area contributed by atoms with Crippen LogP contribution in [-0.2, 0) is 4.74 Å². The van der Waals surface area contributed by atoms with Crippen molar-refractivity contribution in [3.05, 3.63) is 17.8 Å². The van der Waals surface area contributed by atoms with E-state index < -0.39 is 0 Å². The monoisotopic (exact) mass is 207 g/mol. The maximum Gasteiger partial charge on any atom is 0.152 e. The minimum atomic E-state index is 0.752. The van der Waals surface area contributed by atoms with E-state index in [9.17, 15) is 0 Å². The van der Waals surface area contributed by atoms with Crippen molar-refractivity contribution < 1.29 is 4.74 Å². The maximum atomic E-state index is 5.93. The Bertz CT molecular complexity index is 333. The Morgan fingerprint density at radius 3 is 3.07 bits per heavy atom. The van der Waals surface area contributed by atoms with Gasteiger partial charge in [0, 0.05) is 25.4 Å². The van der Waals surface area contributed by atoms with Gasteiger partial charge in [-0.15, -0.1) is 0 Å². The lowest BCUT2D eigenvalue weighted by molar-refractivity contribution is 0.152. The van der Waals surface area contributed by atoms with Gasteiger partial charge in [0.25, 0.3) is 0 Å². The molecule has 0 radical (unpaired) electrons. The van der Waals surface area contributed by atoms with Gasteiger partial charge in [0.15, 0.2) is 5.82 Å². The number of hydrogen-bond donors (Lipinski definition) is 1. The second kappa shape index (κ2) is 4.49. The molecule has 1 saturated heterocycles. The predicted octanol–water partition coefficient (Wildman–Crippen LogP) is 1.20. The van der Waals surface area contributed by atoms with Gasteiger partial charge in [0.2, 0.25) is 0 Å². The zero-order chi connectivity index (χ0) is 10.7. The number of nitrogen functional groups attached to an aromatic ring is 1. The van der Waals surface area contributed by atoms with E-state index in [1.165, 1.54) is 0 Å². The molecule has 1 fully saturated rings. The fraction of sp³-hybridized carbons (Fsp3) is 0.545. The summed E-state index contributed by atoms with van der Waals surface area (Å²) in [5.74, 6) is 0.903. The van der Waals surface area contributed by atoms with Crippen molar-refractivity contribution in [2.24, 2.45) is 0 Å². The van der Waals surface area contributed by atoms with Gasteiger partial charge in [-0.05, 0) is 25.5 Å². The van der Waals surface area contributed by atoms with Crippen molar-refractivity contribution in [1.82, 2.24) is 4.98 Å². The van der Waals surface area contributed by atoms with Crippen LogP contribution in [0.4, 0.5) is 11.5 Å². The first-order chi connectivity index (χ1) is 7.27. The molecule has 2 rings (SSSR count). The van der Waals surface area contributed by atoms with Crippen LogP contribution in [-0.4, -0.2) is 31.3 Å². The molecule has 1 aromatic heterocycles. The molecule has 15 heavy (non-hydrogen) atoms. The van der Waals surface area contributed by atoms with Crippen molar-refractivity contribution in [2.45, 2.75) is 13.3 Å². The molecule has 0 aromatic carbocycles. The molecule has 0 aliphatic carbocycles. The Morgan fingerprint density at radius 1 is 1.33 bits per heavy atom. The van der Waals surface area contributed by atoms with Crippen LogP contribution in [0.25, 0.3) is 0 Å². The second-order valence-corrected chi connectivity index (χ2v) is 3.82. The van der Waals surface area contributed by atoms with Gasteiger partial charge in [-0.25, -0.2) is 4.98 Å². The Morgan fingerprint density at radius 2 is 2.20 bits per heavy atom. The zero-order valence-corrected chi connectivity index (χ0v) is 9.07. The first-order valence-electron chi connectivity index (χ1n) is 5.33. The van der Waals surface area contributed by atoms with Crippen LogP contribution >= 0.6 is 0 Å². The lowest BCUT2D eigenvalue weighted by Crippen LogP contribution is -2.27. The number of anilines is 2. The van der Waals surface area contributed by atoms with Gasteiger partial charge in [-0.2, -0.15) is 0 Å². The standard InChI is InChI=1S/C11H17N3O/c1-9-3-4-10(12)11(13-9)14-5-2-7-15-8-6-14/h3-4H,2,5-8,12H2,1H3. The van der Waals surface area contributed by atoms with Crippen LogP contribution in [0.5, 0.6) is 0 Å². The lowest BCUT2D eigenvalue weighted by Gasteiger charge is -2.22. The fourth-order valence-corrected chi connectivity index (χ4v) is 1.76. The molecular weight excluding hydrogens is 190 g/mol. The molecule has 1 aliphatic heterocycles. The van der Waals surface area contributed by atoms with Crippen molar-refractivity contribution in [1.29, 1.82) is 0 Å². The average Bonchev–Trinajstić information content (AvgIpc) is 2.50. The Labute approximate surface area is 90.0 Å². The summed E-state index contributed by atoms with van der Waals surface area (Å²) in [6.07, 6.45) is 1.04. The van der Waals surface area contributed by atoms with Gasteiger partial charge in [0.1, 0.15) is 0 Å². The minimum Gasteiger partial charge on any atom is -0.396 e. The van der Waals surface area contributed by atoms with Gasteiger partial charge in [0.05, 0.1) is 12.3 Å². The molecule has 2 N–H and O–H groups in total. The summed E-state index contributed by atoms with van der Waals surface area (Å²) >= 11 is 0. The third-order valence-corrected chi connectivity index (χ3v) is 2.57. The number of hydrogen-bond acceptors (Lipinski definition) is 4. The molecule has 0 unspecified atom stereocenters. The minimum absolute atomic E-state index is 0.752. The van der Waals surface area contributed by atoms with Crippen LogP contribution in [0, 0.1) is 6.92 Å². The molecule has 1 aromatic rings. The fourth-order valence-electron chi connectivity index (χ4n) is 1.76. The quantitative estimate of drug-likeness (QED) is 0.751. The first kappa shape index (κ1) is 10.2. The van der Waals surface area contributed by atoms with Gasteiger partial charge in [-0.3, -0.25) is 0 Å². The molecule has 0 bridgehead atoms. The van der Waals surface area contributed by atoms with E-state index in [0.29, 0.717) is 0 Å². The topological polar surface area (TPSA) is 51.4 Å². The molecule has 82 valence electrons. The maximum absolute atomic E-state index is 5.93. The molecule has 4 heteroatoms. The van der Waals surface area contributed by atoms with Crippen LogP contribution in [0.2, 0.25) is 0 Å². The smallest absolute Gasteiger partial charge is 0.152 e. The van der Waals surface area contributed by atoms with Crippen molar-refractivity contribution in [3.8, 4) is 0 Å². The van der Waals surface area contributed by atoms with Crippen molar-refractivity contribution >= 4 is 11.5 Å². The van der Waals surface area contributed by atoms with E-state index in [1.54, 1.807) is 0 Å². The van der Waals surface area contributed by atoms with Gasteiger partial charge in [-0.1, -0.05) is 0 Å². The van der Waals surface area contributed by atoms with Crippen LogP contribution < -0.4 is 10.6 Å². The number of aromatic nitrogens is 1. The largest absolute Gasteiger partial charge is 0.396 e. The highest BCUT2D eigenvalue weighted by atomic mass is 16.5. The first-order valence-corrected chi connectivity index (χ1v) is 5.33. The molecule has 0 atom stereocenters. The number of ether oxygens (including phenoxy) is 1. The Hall–Kier alpha value is -1.29. The van der Waals surface area contributed by atoms with E-state index in [1.807, 2.05) is 19.1 Å². The lowest BCUT2D eigenvalue weighted by atomic mass is 10.3.